The summed E-state index contributed by atoms with van der Waals surface area (Å²) in [6.45, 7) is 5.07. The molecule has 1 aromatic rings. The molecule has 1 amide bonds. The van der Waals surface area contributed by atoms with Crippen molar-refractivity contribution in [2.75, 3.05) is 57.8 Å². The van der Waals surface area contributed by atoms with Gasteiger partial charge in [0.05, 0.1) is 0 Å². The van der Waals surface area contributed by atoms with E-state index in [9.17, 15) is 22.8 Å². The number of nitrogens with zero attached hydrogens (tertiary/aromatic N) is 2. The molecule has 1 aliphatic heterocycles. The number of amides is 1. The molecule has 0 saturated carbocycles. The fourth-order valence-electron chi connectivity index (χ4n) is 3.09. The van der Waals surface area contributed by atoms with E-state index < -0.39 is 12.8 Å². The van der Waals surface area contributed by atoms with Gasteiger partial charge in [0, 0.05) is 63.5 Å². The van der Waals surface area contributed by atoms with Crippen LogP contribution in [0, 0.1) is 0 Å². The van der Waals surface area contributed by atoms with Gasteiger partial charge in [-0.3, -0.25) is 9.59 Å². The fraction of sp³-hybridized carbons (Fsp3) is 0.600. The predicted molar refractivity (Wildman–Crippen MR) is 104 cm³/mol. The maximum absolute atomic E-state index is 12.1. The highest BCUT2D eigenvalue weighted by Crippen LogP contribution is 2.14. The van der Waals surface area contributed by atoms with Crippen molar-refractivity contribution in [1.82, 2.24) is 9.80 Å². The van der Waals surface area contributed by atoms with Crippen LogP contribution in [0.3, 0.4) is 0 Å². The molecule has 1 N–H and O–H groups in total. The molecule has 2 rings (SSSR count). The fourth-order valence-corrected chi connectivity index (χ4v) is 3.09. The molecular formula is C20H28F3N3O3. The molecule has 0 bridgehead atoms. The predicted octanol–water partition coefficient (Wildman–Crippen LogP) is 2.80. The molecule has 6 nitrogen and oxygen atoms in total. The summed E-state index contributed by atoms with van der Waals surface area (Å²) in [4.78, 5) is 27.8. The Labute approximate surface area is 169 Å². The number of anilines is 1. The van der Waals surface area contributed by atoms with Crippen LogP contribution in [0.15, 0.2) is 24.3 Å². The third kappa shape index (κ3) is 9.38. The standard InChI is InChI=1S/C20H28F3N3O3/c1-16(27)17-3-5-18(6-4-17)24-19(28)7-9-26-12-10-25(11-13-26)8-2-14-29-15-20(21,22)23/h3-6H,2,7-15H2,1H3,(H,24,28). The van der Waals surface area contributed by atoms with Crippen molar-refractivity contribution in [3.63, 3.8) is 0 Å². The average molecular weight is 415 g/mol. The highest BCUT2D eigenvalue weighted by molar-refractivity contribution is 5.95. The molecule has 162 valence electrons. The van der Waals surface area contributed by atoms with Gasteiger partial charge < -0.3 is 19.9 Å². The SMILES string of the molecule is CC(=O)c1ccc(NC(=O)CCN2CCN(CCCOCC(F)(F)F)CC2)cc1. The molecule has 29 heavy (non-hydrogen) atoms. The summed E-state index contributed by atoms with van der Waals surface area (Å²) in [5.41, 5.74) is 1.27. The topological polar surface area (TPSA) is 61.9 Å². The molecule has 1 aliphatic rings. The maximum Gasteiger partial charge on any atom is 0.411 e. The zero-order valence-electron chi connectivity index (χ0n) is 16.6. The molecule has 1 heterocycles. The minimum atomic E-state index is -4.27. The van der Waals surface area contributed by atoms with Gasteiger partial charge in [-0.05, 0) is 37.6 Å². The highest BCUT2D eigenvalue weighted by Gasteiger charge is 2.27. The monoisotopic (exact) mass is 415 g/mol. The van der Waals surface area contributed by atoms with E-state index in [-0.39, 0.29) is 18.3 Å². The number of ketones is 1. The summed E-state index contributed by atoms with van der Waals surface area (Å²) in [6, 6.07) is 6.80. The number of rotatable bonds is 10. The quantitative estimate of drug-likeness (QED) is 0.470. The summed E-state index contributed by atoms with van der Waals surface area (Å²) in [6.07, 6.45) is -3.32. The van der Waals surface area contributed by atoms with Crippen LogP contribution in [0.25, 0.3) is 0 Å². The molecule has 1 aromatic carbocycles. The Morgan fingerprint density at radius 1 is 1.03 bits per heavy atom. The Kier molecular flexibility index (Phi) is 9.06. The lowest BCUT2D eigenvalue weighted by Crippen LogP contribution is -2.47. The maximum atomic E-state index is 12.1. The van der Waals surface area contributed by atoms with Crippen molar-refractivity contribution in [2.45, 2.75) is 25.9 Å². The van der Waals surface area contributed by atoms with Crippen LogP contribution in [0.2, 0.25) is 0 Å². The molecule has 1 saturated heterocycles. The second-order valence-electron chi connectivity index (χ2n) is 7.14. The van der Waals surface area contributed by atoms with E-state index in [1.807, 2.05) is 0 Å². The third-order valence-electron chi connectivity index (χ3n) is 4.72. The first-order chi connectivity index (χ1) is 13.7. The largest absolute Gasteiger partial charge is 0.411 e. The lowest BCUT2D eigenvalue weighted by Gasteiger charge is -2.34. The van der Waals surface area contributed by atoms with E-state index in [0.29, 0.717) is 37.2 Å². The summed E-state index contributed by atoms with van der Waals surface area (Å²) >= 11 is 0. The Bertz CT molecular complexity index is 657. The number of benzene rings is 1. The zero-order valence-corrected chi connectivity index (χ0v) is 16.6. The van der Waals surface area contributed by atoms with Gasteiger partial charge in [-0.1, -0.05) is 0 Å². The van der Waals surface area contributed by atoms with Gasteiger partial charge in [0.25, 0.3) is 0 Å². The molecule has 1 fully saturated rings. The molecule has 0 spiro atoms. The summed E-state index contributed by atoms with van der Waals surface area (Å²) in [5.74, 6) is -0.0966. The summed E-state index contributed by atoms with van der Waals surface area (Å²) in [7, 11) is 0. The normalized spacial score (nSPS) is 16.0. The Balaban J connectivity index is 1.57. The van der Waals surface area contributed by atoms with Crippen LogP contribution in [-0.4, -0.2) is 80.1 Å². The number of hydrogen-bond acceptors (Lipinski definition) is 5. The molecular weight excluding hydrogens is 387 g/mol. The van der Waals surface area contributed by atoms with Gasteiger partial charge in [0.1, 0.15) is 6.61 Å². The van der Waals surface area contributed by atoms with E-state index in [1.54, 1.807) is 24.3 Å². The second-order valence-corrected chi connectivity index (χ2v) is 7.14. The first-order valence-electron chi connectivity index (χ1n) is 9.73. The van der Waals surface area contributed by atoms with Gasteiger partial charge in [-0.15, -0.1) is 0 Å². The van der Waals surface area contributed by atoms with E-state index in [1.165, 1.54) is 6.92 Å². The van der Waals surface area contributed by atoms with Gasteiger partial charge >= 0.3 is 6.18 Å². The number of Topliss-reactive ketones (excluding diaryl/α,β-unsaturated/α-hetero) is 1. The molecule has 0 aliphatic carbocycles. The van der Waals surface area contributed by atoms with E-state index in [4.69, 9.17) is 0 Å². The Hall–Kier alpha value is -1.97. The van der Waals surface area contributed by atoms with Crippen LogP contribution in [0.5, 0.6) is 0 Å². The average Bonchev–Trinajstić information content (AvgIpc) is 2.66. The van der Waals surface area contributed by atoms with Crippen molar-refractivity contribution in [2.24, 2.45) is 0 Å². The minimum absolute atomic E-state index is 0.0177. The summed E-state index contributed by atoms with van der Waals surface area (Å²) < 4.78 is 40.6. The highest BCUT2D eigenvalue weighted by atomic mass is 19.4. The van der Waals surface area contributed by atoms with Crippen molar-refractivity contribution in [3.05, 3.63) is 29.8 Å². The second kappa shape index (κ2) is 11.3. The minimum Gasteiger partial charge on any atom is -0.372 e. The number of nitrogens with one attached hydrogen (secondary N) is 1. The number of carbonyl (C=O) groups is 2. The molecule has 0 atom stereocenters. The summed E-state index contributed by atoms with van der Waals surface area (Å²) in [5, 5.41) is 2.83. The molecule has 9 heteroatoms. The van der Waals surface area contributed by atoms with Crippen LogP contribution in [0.1, 0.15) is 30.1 Å². The smallest absolute Gasteiger partial charge is 0.372 e. The number of ether oxygens (including phenoxy) is 1. The Morgan fingerprint density at radius 3 is 2.17 bits per heavy atom. The van der Waals surface area contributed by atoms with Crippen LogP contribution in [-0.2, 0) is 9.53 Å². The first-order valence-corrected chi connectivity index (χ1v) is 9.73. The van der Waals surface area contributed by atoms with Gasteiger partial charge in [-0.2, -0.15) is 13.2 Å². The van der Waals surface area contributed by atoms with Crippen molar-refractivity contribution < 1.29 is 27.5 Å². The lowest BCUT2D eigenvalue weighted by molar-refractivity contribution is -0.174. The molecule has 0 aromatic heterocycles. The lowest BCUT2D eigenvalue weighted by atomic mass is 10.1. The number of hydrogen-bond donors (Lipinski definition) is 1. The van der Waals surface area contributed by atoms with Gasteiger partial charge in [-0.25, -0.2) is 0 Å². The van der Waals surface area contributed by atoms with Gasteiger partial charge in [0.15, 0.2) is 5.78 Å². The van der Waals surface area contributed by atoms with Crippen molar-refractivity contribution >= 4 is 17.4 Å². The van der Waals surface area contributed by atoms with E-state index in [2.05, 4.69) is 19.9 Å². The first kappa shape index (κ1) is 23.3. The van der Waals surface area contributed by atoms with Crippen LogP contribution < -0.4 is 5.32 Å². The molecule has 0 unspecified atom stereocenters. The van der Waals surface area contributed by atoms with Crippen molar-refractivity contribution in [3.8, 4) is 0 Å². The Morgan fingerprint density at radius 2 is 1.62 bits per heavy atom. The number of carbonyl (C=O) groups excluding carboxylic acids is 2. The number of halogens is 3. The number of piperazine rings is 1. The third-order valence-corrected chi connectivity index (χ3v) is 4.72. The van der Waals surface area contributed by atoms with E-state index >= 15 is 0 Å². The van der Waals surface area contributed by atoms with E-state index in [0.717, 1.165) is 26.2 Å². The van der Waals surface area contributed by atoms with Crippen molar-refractivity contribution in [1.29, 1.82) is 0 Å². The zero-order chi connectivity index (χ0) is 21.3. The van der Waals surface area contributed by atoms with Crippen LogP contribution >= 0.6 is 0 Å². The molecule has 0 radical (unpaired) electrons. The van der Waals surface area contributed by atoms with Gasteiger partial charge in [0.2, 0.25) is 5.91 Å². The number of alkyl halides is 3. The van der Waals surface area contributed by atoms with Crippen LogP contribution in [0.4, 0.5) is 18.9 Å².